The molecular weight excluding hydrogens is 301 g/mol. The molecule has 0 aliphatic carbocycles. The number of aromatic nitrogens is 2. The summed E-state index contributed by atoms with van der Waals surface area (Å²) in [6, 6.07) is 11.6. The van der Waals surface area contributed by atoms with Gasteiger partial charge >= 0.3 is 0 Å². The van der Waals surface area contributed by atoms with Gasteiger partial charge in [-0.1, -0.05) is 53.5 Å². The lowest BCUT2D eigenvalue weighted by Gasteiger charge is -2.03. The predicted molar refractivity (Wildman–Crippen MR) is 81.8 cm³/mol. The summed E-state index contributed by atoms with van der Waals surface area (Å²) in [6.45, 7) is 0. The fourth-order valence-corrected chi connectivity index (χ4v) is 3.44. The Morgan fingerprint density at radius 3 is 2.53 bits per heavy atom. The number of hydrogen-bond acceptors (Lipinski definition) is 3. The van der Waals surface area contributed by atoms with Gasteiger partial charge in [0.05, 0.1) is 15.6 Å². The Balaban J connectivity index is 2.22. The zero-order valence-electron chi connectivity index (χ0n) is 9.65. The van der Waals surface area contributed by atoms with E-state index in [0.717, 1.165) is 22.4 Å². The number of nitrogens with two attached hydrogens (primary N) is 1. The minimum atomic E-state index is 0.444. The largest absolute Gasteiger partial charge is 0.382 e. The molecule has 3 rings (SSSR count). The maximum atomic E-state index is 6.19. The van der Waals surface area contributed by atoms with Crippen LogP contribution in [0.25, 0.3) is 22.4 Å². The molecule has 2 heterocycles. The Morgan fingerprint density at radius 1 is 1.16 bits per heavy atom. The van der Waals surface area contributed by atoms with Gasteiger partial charge in [-0.05, 0) is 11.6 Å². The van der Waals surface area contributed by atoms with Gasteiger partial charge in [-0.25, -0.2) is 0 Å². The van der Waals surface area contributed by atoms with E-state index in [0.29, 0.717) is 14.5 Å². The van der Waals surface area contributed by atoms with Gasteiger partial charge in [-0.3, -0.25) is 5.10 Å². The molecule has 0 fully saturated rings. The Kier molecular flexibility index (Phi) is 3.22. The van der Waals surface area contributed by atoms with E-state index in [4.69, 9.17) is 28.9 Å². The van der Waals surface area contributed by atoms with Crippen molar-refractivity contribution in [2.75, 3.05) is 5.73 Å². The standard InChI is InChI=1S/C13H9Cl2N3S/c14-9-6-8(12(15)19-9)11-10(13(16)18-17-11)7-4-2-1-3-5-7/h1-6H,(H3,16,17,18). The molecule has 19 heavy (non-hydrogen) atoms. The Labute approximate surface area is 124 Å². The van der Waals surface area contributed by atoms with Crippen LogP contribution in [-0.4, -0.2) is 10.2 Å². The molecule has 0 bridgehead atoms. The molecule has 3 nitrogen and oxygen atoms in total. The van der Waals surface area contributed by atoms with Crippen molar-refractivity contribution in [3.05, 3.63) is 45.1 Å². The SMILES string of the molecule is Nc1n[nH]c(-c2cc(Cl)sc2Cl)c1-c1ccccc1. The molecule has 2 aromatic heterocycles. The van der Waals surface area contributed by atoms with Gasteiger partial charge in [0.15, 0.2) is 5.82 Å². The quantitative estimate of drug-likeness (QED) is 0.721. The maximum absolute atomic E-state index is 6.19. The van der Waals surface area contributed by atoms with Crippen molar-refractivity contribution in [2.45, 2.75) is 0 Å². The lowest BCUT2D eigenvalue weighted by atomic mass is 10.0. The number of anilines is 1. The van der Waals surface area contributed by atoms with Crippen molar-refractivity contribution in [3.8, 4) is 22.4 Å². The molecular formula is C13H9Cl2N3S. The molecule has 0 atom stereocenters. The van der Waals surface area contributed by atoms with Gasteiger partial charge in [-0.2, -0.15) is 5.10 Å². The van der Waals surface area contributed by atoms with E-state index in [9.17, 15) is 0 Å². The van der Waals surface area contributed by atoms with E-state index in [-0.39, 0.29) is 0 Å². The van der Waals surface area contributed by atoms with Crippen molar-refractivity contribution < 1.29 is 0 Å². The van der Waals surface area contributed by atoms with Gasteiger partial charge in [-0.15, -0.1) is 11.3 Å². The molecule has 0 radical (unpaired) electrons. The molecule has 0 saturated carbocycles. The summed E-state index contributed by atoms with van der Waals surface area (Å²) in [4.78, 5) is 0. The fraction of sp³-hybridized carbons (Fsp3) is 0. The maximum Gasteiger partial charge on any atom is 0.153 e. The highest BCUT2D eigenvalue weighted by Crippen LogP contribution is 2.42. The van der Waals surface area contributed by atoms with Crippen LogP contribution in [0.3, 0.4) is 0 Å². The van der Waals surface area contributed by atoms with Crippen molar-refractivity contribution in [2.24, 2.45) is 0 Å². The van der Waals surface area contributed by atoms with Gasteiger partial charge in [0.2, 0.25) is 0 Å². The number of nitrogen functional groups attached to an aromatic ring is 1. The second-order valence-corrected chi connectivity index (χ2v) is 6.25. The van der Waals surface area contributed by atoms with Gasteiger partial charge in [0.25, 0.3) is 0 Å². The third-order valence-corrected chi connectivity index (χ3v) is 4.27. The van der Waals surface area contributed by atoms with E-state index in [1.807, 2.05) is 36.4 Å². The highest BCUT2D eigenvalue weighted by molar-refractivity contribution is 7.20. The summed E-state index contributed by atoms with van der Waals surface area (Å²) in [6.07, 6.45) is 0. The van der Waals surface area contributed by atoms with Crippen LogP contribution >= 0.6 is 34.5 Å². The first-order valence-corrected chi connectivity index (χ1v) is 7.08. The van der Waals surface area contributed by atoms with Crippen LogP contribution in [0.1, 0.15) is 0 Å². The molecule has 96 valence electrons. The van der Waals surface area contributed by atoms with Gasteiger partial charge in [0.1, 0.15) is 4.34 Å². The van der Waals surface area contributed by atoms with Gasteiger partial charge in [0, 0.05) is 5.56 Å². The lowest BCUT2D eigenvalue weighted by molar-refractivity contribution is 1.10. The summed E-state index contributed by atoms with van der Waals surface area (Å²) in [5.41, 5.74) is 9.39. The molecule has 0 aliphatic heterocycles. The average Bonchev–Trinajstić information content (AvgIpc) is 2.93. The van der Waals surface area contributed by atoms with Crippen LogP contribution < -0.4 is 5.73 Å². The van der Waals surface area contributed by atoms with E-state index in [1.165, 1.54) is 11.3 Å². The number of nitrogens with zero attached hydrogens (tertiary/aromatic N) is 1. The minimum Gasteiger partial charge on any atom is -0.382 e. The van der Waals surface area contributed by atoms with Crippen LogP contribution in [0.15, 0.2) is 36.4 Å². The monoisotopic (exact) mass is 309 g/mol. The Morgan fingerprint density at radius 2 is 1.89 bits per heavy atom. The Bertz CT molecular complexity index is 719. The molecule has 6 heteroatoms. The fourth-order valence-electron chi connectivity index (χ4n) is 1.96. The number of halogens is 2. The molecule has 0 spiro atoms. The van der Waals surface area contributed by atoms with Crippen LogP contribution in [0.2, 0.25) is 8.67 Å². The molecule has 3 N–H and O–H groups in total. The van der Waals surface area contributed by atoms with Crippen LogP contribution in [0.5, 0.6) is 0 Å². The number of aromatic amines is 1. The summed E-state index contributed by atoms with van der Waals surface area (Å²) in [5, 5.41) is 7.01. The molecule has 0 saturated heterocycles. The topological polar surface area (TPSA) is 54.7 Å². The summed E-state index contributed by atoms with van der Waals surface area (Å²) < 4.78 is 1.25. The first-order valence-electron chi connectivity index (χ1n) is 5.51. The van der Waals surface area contributed by atoms with E-state index < -0.39 is 0 Å². The predicted octanol–water partition coefficient (Wildman–Crippen LogP) is 4.69. The normalized spacial score (nSPS) is 10.8. The first-order chi connectivity index (χ1) is 9.16. The molecule has 0 amide bonds. The molecule has 0 unspecified atom stereocenters. The average molecular weight is 310 g/mol. The second-order valence-electron chi connectivity index (χ2n) is 3.96. The zero-order chi connectivity index (χ0) is 13.4. The molecule has 1 aromatic carbocycles. The third-order valence-electron chi connectivity index (χ3n) is 2.78. The highest BCUT2D eigenvalue weighted by Gasteiger charge is 2.18. The van der Waals surface area contributed by atoms with Crippen LogP contribution in [0, 0.1) is 0 Å². The second kappa shape index (κ2) is 4.89. The van der Waals surface area contributed by atoms with E-state index in [2.05, 4.69) is 10.2 Å². The van der Waals surface area contributed by atoms with Crippen molar-refractivity contribution in [3.63, 3.8) is 0 Å². The number of hydrogen-bond donors (Lipinski definition) is 2. The first kappa shape index (κ1) is 12.5. The number of rotatable bonds is 2. The number of benzene rings is 1. The third kappa shape index (κ3) is 2.23. The number of H-pyrrole nitrogens is 1. The highest BCUT2D eigenvalue weighted by atomic mass is 35.5. The Hall–Kier alpha value is -1.49. The summed E-state index contributed by atoms with van der Waals surface area (Å²) in [5.74, 6) is 0.444. The van der Waals surface area contributed by atoms with Crippen LogP contribution in [-0.2, 0) is 0 Å². The lowest BCUT2D eigenvalue weighted by Crippen LogP contribution is -1.88. The molecule has 3 aromatic rings. The van der Waals surface area contributed by atoms with Crippen molar-refractivity contribution in [1.29, 1.82) is 0 Å². The molecule has 0 aliphatic rings. The van der Waals surface area contributed by atoms with Crippen LogP contribution in [0.4, 0.5) is 5.82 Å². The smallest absolute Gasteiger partial charge is 0.153 e. The number of thiophene rings is 1. The van der Waals surface area contributed by atoms with E-state index in [1.54, 1.807) is 0 Å². The summed E-state index contributed by atoms with van der Waals surface area (Å²) in [7, 11) is 0. The van der Waals surface area contributed by atoms with Crippen molar-refractivity contribution in [1.82, 2.24) is 10.2 Å². The van der Waals surface area contributed by atoms with Gasteiger partial charge < -0.3 is 5.73 Å². The minimum absolute atomic E-state index is 0.444. The summed E-state index contributed by atoms with van der Waals surface area (Å²) >= 11 is 13.5. The van der Waals surface area contributed by atoms with E-state index >= 15 is 0 Å². The zero-order valence-corrected chi connectivity index (χ0v) is 12.0. The number of nitrogens with one attached hydrogen (secondary N) is 1. The van der Waals surface area contributed by atoms with Crippen molar-refractivity contribution >= 4 is 40.4 Å².